The van der Waals surface area contributed by atoms with Crippen LogP contribution in [0.2, 0.25) is 10.0 Å². The average Bonchev–Trinajstić information content (AvgIpc) is 2.28. The highest BCUT2D eigenvalue weighted by Gasteiger charge is 2.14. The molecule has 17 heavy (non-hydrogen) atoms. The summed E-state index contributed by atoms with van der Waals surface area (Å²) in [7, 11) is 1.71. The number of hydrogen-bond donors (Lipinski definition) is 1. The first-order valence-electron chi connectivity index (χ1n) is 5.78. The SMILES string of the molecule is CCC(COC)NC(C)c1ccc(Cl)cc1Cl. The van der Waals surface area contributed by atoms with Crippen LogP contribution in [0.25, 0.3) is 0 Å². The first-order chi connectivity index (χ1) is 8.08. The third-order valence-electron chi connectivity index (χ3n) is 2.78. The second kappa shape index (κ2) is 7.22. The fourth-order valence-corrected chi connectivity index (χ4v) is 2.35. The lowest BCUT2D eigenvalue weighted by Gasteiger charge is -2.22. The van der Waals surface area contributed by atoms with Crippen LogP contribution < -0.4 is 5.32 Å². The minimum Gasteiger partial charge on any atom is -0.383 e. The Morgan fingerprint density at radius 2 is 2.06 bits per heavy atom. The molecule has 0 saturated carbocycles. The van der Waals surface area contributed by atoms with Crippen molar-refractivity contribution in [1.29, 1.82) is 0 Å². The van der Waals surface area contributed by atoms with E-state index in [2.05, 4.69) is 19.2 Å². The van der Waals surface area contributed by atoms with Gasteiger partial charge in [-0.25, -0.2) is 0 Å². The Morgan fingerprint density at radius 3 is 2.59 bits per heavy atom. The summed E-state index contributed by atoms with van der Waals surface area (Å²) >= 11 is 12.1. The van der Waals surface area contributed by atoms with Gasteiger partial charge in [0.2, 0.25) is 0 Å². The molecular formula is C13H19Cl2NO. The van der Waals surface area contributed by atoms with Gasteiger partial charge in [-0.3, -0.25) is 0 Å². The van der Waals surface area contributed by atoms with Crippen molar-refractivity contribution in [2.24, 2.45) is 0 Å². The molecule has 0 fully saturated rings. The molecule has 0 spiro atoms. The van der Waals surface area contributed by atoms with E-state index in [1.54, 1.807) is 13.2 Å². The van der Waals surface area contributed by atoms with Crippen molar-refractivity contribution in [2.45, 2.75) is 32.4 Å². The molecule has 1 rings (SSSR count). The van der Waals surface area contributed by atoms with Crippen molar-refractivity contribution in [3.8, 4) is 0 Å². The standard InChI is InChI=1S/C13H19Cl2NO/c1-4-11(8-17-3)16-9(2)12-6-5-10(14)7-13(12)15/h5-7,9,11,16H,4,8H2,1-3H3. The number of benzene rings is 1. The first kappa shape index (κ1) is 14.8. The summed E-state index contributed by atoms with van der Waals surface area (Å²) < 4.78 is 5.16. The van der Waals surface area contributed by atoms with E-state index in [9.17, 15) is 0 Å². The third kappa shape index (κ3) is 4.47. The molecule has 2 unspecified atom stereocenters. The Labute approximate surface area is 113 Å². The van der Waals surface area contributed by atoms with Crippen LogP contribution in [0, 0.1) is 0 Å². The summed E-state index contributed by atoms with van der Waals surface area (Å²) in [5.41, 5.74) is 1.06. The van der Waals surface area contributed by atoms with E-state index in [-0.39, 0.29) is 6.04 Å². The predicted molar refractivity (Wildman–Crippen MR) is 74.0 cm³/mol. The molecule has 1 N–H and O–H groups in total. The smallest absolute Gasteiger partial charge is 0.0615 e. The lowest BCUT2D eigenvalue weighted by molar-refractivity contribution is 0.159. The molecule has 2 nitrogen and oxygen atoms in total. The molecule has 0 aromatic heterocycles. The van der Waals surface area contributed by atoms with E-state index in [1.165, 1.54) is 0 Å². The number of hydrogen-bond acceptors (Lipinski definition) is 2. The molecule has 0 aliphatic rings. The maximum Gasteiger partial charge on any atom is 0.0615 e. The molecule has 96 valence electrons. The van der Waals surface area contributed by atoms with Gasteiger partial charge in [-0.05, 0) is 31.0 Å². The van der Waals surface area contributed by atoms with Crippen LogP contribution in [0.5, 0.6) is 0 Å². The molecular weight excluding hydrogens is 257 g/mol. The van der Waals surface area contributed by atoms with Gasteiger partial charge in [0.1, 0.15) is 0 Å². The van der Waals surface area contributed by atoms with Crippen LogP contribution >= 0.6 is 23.2 Å². The maximum atomic E-state index is 6.17. The van der Waals surface area contributed by atoms with Crippen LogP contribution in [0.15, 0.2) is 18.2 Å². The highest BCUT2D eigenvalue weighted by molar-refractivity contribution is 6.35. The Kier molecular flexibility index (Phi) is 6.28. The van der Waals surface area contributed by atoms with Gasteiger partial charge in [-0.2, -0.15) is 0 Å². The van der Waals surface area contributed by atoms with E-state index in [1.807, 2.05) is 12.1 Å². The quantitative estimate of drug-likeness (QED) is 0.845. The summed E-state index contributed by atoms with van der Waals surface area (Å²) in [6, 6.07) is 6.11. The first-order valence-corrected chi connectivity index (χ1v) is 6.54. The van der Waals surface area contributed by atoms with Gasteiger partial charge >= 0.3 is 0 Å². The summed E-state index contributed by atoms with van der Waals surface area (Å²) in [5, 5.41) is 4.85. The predicted octanol–water partition coefficient (Wildman–Crippen LogP) is 4.07. The molecule has 0 bridgehead atoms. The van der Waals surface area contributed by atoms with E-state index in [4.69, 9.17) is 27.9 Å². The molecule has 2 atom stereocenters. The number of halogens is 2. The zero-order valence-corrected chi connectivity index (χ0v) is 12.0. The van der Waals surface area contributed by atoms with E-state index in [0.717, 1.165) is 12.0 Å². The van der Waals surface area contributed by atoms with Gasteiger partial charge in [-0.15, -0.1) is 0 Å². The summed E-state index contributed by atoms with van der Waals surface area (Å²) in [5.74, 6) is 0. The zero-order chi connectivity index (χ0) is 12.8. The molecule has 1 aromatic carbocycles. The summed E-state index contributed by atoms with van der Waals surface area (Å²) in [6.45, 7) is 4.92. The minimum atomic E-state index is 0.180. The van der Waals surface area contributed by atoms with Gasteiger partial charge in [0, 0.05) is 29.2 Å². The number of ether oxygens (including phenoxy) is 1. The van der Waals surface area contributed by atoms with Gasteiger partial charge in [-0.1, -0.05) is 36.2 Å². The minimum absolute atomic E-state index is 0.180. The van der Waals surface area contributed by atoms with Gasteiger partial charge in [0.15, 0.2) is 0 Å². The molecule has 0 radical (unpaired) electrons. The fraction of sp³-hybridized carbons (Fsp3) is 0.538. The Morgan fingerprint density at radius 1 is 1.35 bits per heavy atom. The molecule has 0 aliphatic heterocycles. The van der Waals surface area contributed by atoms with Crippen molar-refractivity contribution in [1.82, 2.24) is 5.32 Å². The molecule has 0 saturated heterocycles. The fourth-order valence-electron chi connectivity index (χ4n) is 1.78. The third-order valence-corrected chi connectivity index (χ3v) is 3.34. The monoisotopic (exact) mass is 275 g/mol. The topological polar surface area (TPSA) is 21.3 Å². The lowest BCUT2D eigenvalue weighted by Crippen LogP contribution is -2.34. The van der Waals surface area contributed by atoms with E-state index >= 15 is 0 Å². The number of nitrogens with one attached hydrogen (secondary N) is 1. The Balaban J connectivity index is 2.71. The normalized spacial score (nSPS) is 14.6. The summed E-state index contributed by atoms with van der Waals surface area (Å²) in [6.07, 6.45) is 1.02. The molecule has 0 heterocycles. The highest BCUT2D eigenvalue weighted by Crippen LogP contribution is 2.26. The Bertz CT molecular complexity index is 357. The van der Waals surface area contributed by atoms with E-state index in [0.29, 0.717) is 22.7 Å². The Hall–Kier alpha value is -0.280. The zero-order valence-electron chi connectivity index (χ0n) is 10.5. The van der Waals surface area contributed by atoms with Gasteiger partial charge in [0.05, 0.1) is 6.61 Å². The molecule has 1 aromatic rings. The number of methoxy groups -OCH3 is 1. The van der Waals surface area contributed by atoms with Gasteiger partial charge < -0.3 is 10.1 Å². The van der Waals surface area contributed by atoms with Crippen LogP contribution in [0.4, 0.5) is 0 Å². The second-order valence-electron chi connectivity index (χ2n) is 4.11. The lowest BCUT2D eigenvalue weighted by atomic mass is 10.1. The van der Waals surface area contributed by atoms with Crippen LogP contribution in [-0.2, 0) is 4.74 Å². The van der Waals surface area contributed by atoms with Crippen molar-refractivity contribution >= 4 is 23.2 Å². The van der Waals surface area contributed by atoms with Crippen molar-refractivity contribution < 1.29 is 4.74 Å². The average molecular weight is 276 g/mol. The number of rotatable bonds is 6. The summed E-state index contributed by atoms with van der Waals surface area (Å²) in [4.78, 5) is 0. The highest BCUT2D eigenvalue weighted by atomic mass is 35.5. The molecule has 4 heteroatoms. The van der Waals surface area contributed by atoms with E-state index < -0.39 is 0 Å². The van der Waals surface area contributed by atoms with Crippen molar-refractivity contribution in [2.75, 3.05) is 13.7 Å². The van der Waals surface area contributed by atoms with Crippen molar-refractivity contribution in [3.63, 3.8) is 0 Å². The van der Waals surface area contributed by atoms with Crippen LogP contribution in [0.1, 0.15) is 31.9 Å². The van der Waals surface area contributed by atoms with Crippen molar-refractivity contribution in [3.05, 3.63) is 33.8 Å². The van der Waals surface area contributed by atoms with Gasteiger partial charge in [0.25, 0.3) is 0 Å². The van der Waals surface area contributed by atoms with Crippen LogP contribution in [-0.4, -0.2) is 19.8 Å². The molecule has 0 aliphatic carbocycles. The maximum absolute atomic E-state index is 6.17. The van der Waals surface area contributed by atoms with Crippen LogP contribution in [0.3, 0.4) is 0 Å². The molecule has 0 amide bonds. The largest absolute Gasteiger partial charge is 0.383 e. The second-order valence-corrected chi connectivity index (χ2v) is 4.96.